The van der Waals surface area contributed by atoms with Crippen LogP contribution in [0.1, 0.15) is 0 Å². The molecule has 3 heterocycles. The Morgan fingerprint density at radius 3 is 0.782 bits per heavy atom. The van der Waals surface area contributed by atoms with E-state index in [9.17, 15) is 0 Å². The van der Waals surface area contributed by atoms with Gasteiger partial charge in [0.25, 0.3) is 0 Å². The molecular formula is C48H33N7. The second-order valence-electron chi connectivity index (χ2n) is 13.6. The van der Waals surface area contributed by atoms with Gasteiger partial charge in [-0.3, -0.25) is 0 Å². The molecule has 1 aromatic heterocycles. The SMILES string of the molecule is c1ccc(N2c3ccccc3N(c3ccc(N4c5ccccc5N(c5ccccc5)c5ccccc54)c4nn(-c5ccccc5)nc34)c3ccccc32)cc1. The third kappa shape index (κ3) is 4.84. The van der Waals surface area contributed by atoms with Gasteiger partial charge in [-0.2, -0.15) is 4.80 Å². The summed E-state index contributed by atoms with van der Waals surface area (Å²) in [6, 6.07) is 70.1. The van der Waals surface area contributed by atoms with Gasteiger partial charge in [-0.1, -0.05) is 103 Å². The fourth-order valence-corrected chi connectivity index (χ4v) is 8.12. The minimum atomic E-state index is 0.791. The number of hydrogen-bond donors (Lipinski definition) is 0. The van der Waals surface area contributed by atoms with Gasteiger partial charge in [0.05, 0.1) is 62.6 Å². The van der Waals surface area contributed by atoms with Gasteiger partial charge >= 0.3 is 0 Å². The molecule has 0 fully saturated rings. The molecular weight excluding hydrogens is 675 g/mol. The highest BCUT2D eigenvalue weighted by atomic mass is 15.5. The smallest absolute Gasteiger partial charge is 0.139 e. The van der Waals surface area contributed by atoms with Crippen LogP contribution in [-0.2, 0) is 0 Å². The van der Waals surface area contributed by atoms with Gasteiger partial charge in [-0.25, -0.2) is 0 Å². The lowest BCUT2D eigenvalue weighted by Gasteiger charge is -2.41. The van der Waals surface area contributed by atoms with Crippen molar-refractivity contribution in [2.75, 3.05) is 19.6 Å². The maximum absolute atomic E-state index is 5.32. The first-order chi connectivity index (χ1) is 27.3. The molecule has 0 spiro atoms. The minimum absolute atomic E-state index is 0.791. The number of hydrogen-bond acceptors (Lipinski definition) is 6. The number of fused-ring (bicyclic) bond motifs is 5. The van der Waals surface area contributed by atoms with E-state index in [1.54, 1.807) is 4.80 Å². The van der Waals surface area contributed by atoms with Crippen molar-refractivity contribution in [1.82, 2.24) is 15.0 Å². The molecule has 11 rings (SSSR count). The van der Waals surface area contributed by atoms with Gasteiger partial charge in [0.1, 0.15) is 11.0 Å². The van der Waals surface area contributed by atoms with E-state index in [4.69, 9.17) is 10.2 Å². The third-order valence-electron chi connectivity index (χ3n) is 10.4. The molecule has 0 saturated carbocycles. The van der Waals surface area contributed by atoms with Crippen molar-refractivity contribution in [3.05, 3.63) is 200 Å². The molecule has 0 saturated heterocycles. The van der Waals surface area contributed by atoms with Crippen molar-refractivity contribution in [3.8, 4) is 5.69 Å². The average molecular weight is 708 g/mol. The highest BCUT2D eigenvalue weighted by Crippen LogP contribution is 2.58. The van der Waals surface area contributed by atoms with E-state index in [1.165, 1.54) is 0 Å². The molecule has 7 heteroatoms. The van der Waals surface area contributed by atoms with Crippen molar-refractivity contribution >= 4 is 79.3 Å². The fourth-order valence-electron chi connectivity index (χ4n) is 8.12. The van der Waals surface area contributed by atoms with Gasteiger partial charge in [-0.15, -0.1) is 10.2 Å². The van der Waals surface area contributed by atoms with Crippen LogP contribution < -0.4 is 19.6 Å². The van der Waals surface area contributed by atoms with Gasteiger partial charge in [0.15, 0.2) is 0 Å². The zero-order chi connectivity index (χ0) is 36.3. The van der Waals surface area contributed by atoms with Crippen LogP contribution in [0.2, 0.25) is 0 Å². The Balaban J connectivity index is 1.17. The lowest BCUT2D eigenvalue weighted by Crippen LogP contribution is -2.25. The topological polar surface area (TPSA) is 43.7 Å². The lowest BCUT2D eigenvalue weighted by molar-refractivity contribution is 0.765. The number of para-hydroxylation sites is 11. The molecule has 0 amide bonds. The van der Waals surface area contributed by atoms with E-state index in [0.717, 1.165) is 85.0 Å². The van der Waals surface area contributed by atoms with Crippen LogP contribution in [0.4, 0.5) is 68.2 Å². The molecule has 8 aromatic carbocycles. The standard InChI is InChI=1S/C48H33N7/c1-4-18-34(19-5-1)51-37-24-10-14-28-41(37)53(42-29-15-11-25-38(42)51)45-32-33-46(48-47(45)49-55(50-48)36-22-8-3-9-23-36)54-43-30-16-12-26-39(43)52(35-20-6-2-7-21-35)40-27-13-17-31-44(40)54/h1-33H. The third-order valence-corrected chi connectivity index (χ3v) is 10.4. The Bertz CT molecular complexity index is 2580. The zero-order valence-electron chi connectivity index (χ0n) is 29.7. The largest absolute Gasteiger partial charge is 0.306 e. The molecule has 9 aromatic rings. The first kappa shape index (κ1) is 30.9. The minimum Gasteiger partial charge on any atom is -0.306 e. The van der Waals surface area contributed by atoms with Gasteiger partial charge in [-0.05, 0) is 97.1 Å². The van der Waals surface area contributed by atoms with Crippen LogP contribution in [-0.4, -0.2) is 15.0 Å². The van der Waals surface area contributed by atoms with Crippen molar-refractivity contribution in [2.45, 2.75) is 0 Å². The molecule has 0 bridgehead atoms. The predicted octanol–water partition coefficient (Wildman–Crippen LogP) is 12.9. The second kappa shape index (κ2) is 12.5. The summed E-state index contributed by atoms with van der Waals surface area (Å²) in [7, 11) is 0. The van der Waals surface area contributed by atoms with Crippen LogP contribution in [0.5, 0.6) is 0 Å². The quantitative estimate of drug-likeness (QED) is 0.177. The Hall–Kier alpha value is -7.64. The van der Waals surface area contributed by atoms with Crippen molar-refractivity contribution < 1.29 is 0 Å². The Morgan fingerprint density at radius 1 is 0.218 bits per heavy atom. The van der Waals surface area contributed by atoms with Gasteiger partial charge in [0.2, 0.25) is 0 Å². The summed E-state index contributed by atoms with van der Waals surface area (Å²) in [5, 5.41) is 10.6. The summed E-state index contributed by atoms with van der Waals surface area (Å²) in [5.41, 5.74) is 15.1. The van der Waals surface area contributed by atoms with Crippen LogP contribution in [0.25, 0.3) is 16.7 Å². The molecule has 0 radical (unpaired) electrons. The summed E-state index contributed by atoms with van der Waals surface area (Å²) in [6.07, 6.45) is 0. The normalized spacial score (nSPS) is 12.9. The summed E-state index contributed by atoms with van der Waals surface area (Å²) in [6.45, 7) is 0. The molecule has 0 N–H and O–H groups in total. The van der Waals surface area contributed by atoms with Gasteiger partial charge in [0, 0.05) is 11.4 Å². The second-order valence-corrected chi connectivity index (χ2v) is 13.6. The first-order valence-electron chi connectivity index (χ1n) is 18.5. The first-order valence-corrected chi connectivity index (χ1v) is 18.5. The summed E-state index contributed by atoms with van der Waals surface area (Å²) in [4.78, 5) is 11.1. The molecule has 2 aliphatic heterocycles. The highest BCUT2D eigenvalue weighted by Gasteiger charge is 2.35. The average Bonchev–Trinajstić information content (AvgIpc) is 3.72. The summed E-state index contributed by atoms with van der Waals surface area (Å²) < 4.78 is 0. The molecule has 0 unspecified atom stereocenters. The van der Waals surface area contributed by atoms with E-state index in [1.807, 2.05) is 30.3 Å². The van der Waals surface area contributed by atoms with E-state index >= 15 is 0 Å². The number of aromatic nitrogens is 3. The molecule has 0 atom stereocenters. The van der Waals surface area contributed by atoms with Gasteiger partial charge < -0.3 is 19.6 Å². The van der Waals surface area contributed by atoms with Crippen molar-refractivity contribution in [3.63, 3.8) is 0 Å². The van der Waals surface area contributed by atoms with Crippen LogP contribution >= 0.6 is 0 Å². The molecule has 7 nitrogen and oxygen atoms in total. The van der Waals surface area contributed by atoms with Crippen LogP contribution in [0.15, 0.2) is 200 Å². The van der Waals surface area contributed by atoms with E-state index in [2.05, 4.69) is 189 Å². The number of rotatable bonds is 5. The van der Waals surface area contributed by atoms with E-state index in [-0.39, 0.29) is 0 Å². The van der Waals surface area contributed by atoms with Crippen molar-refractivity contribution in [1.29, 1.82) is 0 Å². The Labute approximate surface area is 318 Å². The summed E-state index contributed by atoms with van der Waals surface area (Å²) >= 11 is 0. The fraction of sp³-hybridized carbons (Fsp3) is 0. The predicted molar refractivity (Wildman–Crippen MR) is 225 cm³/mol. The zero-order valence-corrected chi connectivity index (χ0v) is 29.7. The molecule has 0 aliphatic carbocycles. The highest BCUT2D eigenvalue weighted by molar-refractivity contribution is 6.11. The Kier molecular flexibility index (Phi) is 7.03. The molecule has 260 valence electrons. The van der Waals surface area contributed by atoms with E-state index in [0.29, 0.717) is 0 Å². The van der Waals surface area contributed by atoms with Crippen LogP contribution in [0, 0.1) is 0 Å². The lowest BCUT2D eigenvalue weighted by atomic mass is 10.0. The molecule has 55 heavy (non-hydrogen) atoms. The van der Waals surface area contributed by atoms with Crippen molar-refractivity contribution in [2.24, 2.45) is 0 Å². The number of nitrogens with zero attached hydrogens (tertiary/aromatic N) is 7. The van der Waals surface area contributed by atoms with Crippen LogP contribution in [0.3, 0.4) is 0 Å². The molecule has 2 aliphatic rings. The maximum atomic E-state index is 5.32. The summed E-state index contributed by atoms with van der Waals surface area (Å²) in [5.74, 6) is 0. The van der Waals surface area contributed by atoms with E-state index < -0.39 is 0 Å². The Morgan fingerprint density at radius 2 is 0.473 bits per heavy atom. The number of benzene rings is 8. The monoisotopic (exact) mass is 707 g/mol. The number of anilines is 12. The maximum Gasteiger partial charge on any atom is 0.139 e.